The largest absolute Gasteiger partial charge is 0.449 e. The first-order chi connectivity index (χ1) is 11.3. The fourth-order valence-corrected chi connectivity index (χ4v) is 1.82. The third-order valence-corrected chi connectivity index (χ3v) is 3.07. The summed E-state index contributed by atoms with van der Waals surface area (Å²) in [6, 6.07) is 5.60. The number of anilines is 2. The minimum absolute atomic E-state index is 0.118. The summed E-state index contributed by atoms with van der Waals surface area (Å²) in [7, 11) is 0. The molecule has 1 amide bonds. The molecule has 126 valence electrons. The molecule has 8 heteroatoms. The average molecular weight is 338 g/mol. The van der Waals surface area contributed by atoms with Crippen LogP contribution in [0.4, 0.5) is 24.5 Å². The molecule has 24 heavy (non-hydrogen) atoms. The fourth-order valence-electron chi connectivity index (χ4n) is 1.82. The van der Waals surface area contributed by atoms with Gasteiger partial charge in [-0.3, -0.25) is 4.79 Å². The summed E-state index contributed by atoms with van der Waals surface area (Å²) < 4.78 is 44.4. The van der Waals surface area contributed by atoms with Crippen LogP contribution in [-0.4, -0.2) is 18.0 Å². The number of esters is 1. The molecule has 0 spiro atoms. The van der Waals surface area contributed by atoms with Crippen molar-refractivity contribution >= 4 is 23.3 Å². The minimum atomic E-state index is -1.32. The van der Waals surface area contributed by atoms with E-state index < -0.39 is 35.4 Å². The molecule has 5 nitrogen and oxygen atoms in total. The molecule has 0 aliphatic rings. The third-order valence-electron chi connectivity index (χ3n) is 3.07. The predicted octanol–water partition coefficient (Wildman–Crippen LogP) is 2.87. The van der Waals surface area contributed by atoms with Crippen LogP contribution in [0, 0.1) is 17.5 Å². The van der Waals surface area contributed by atoms with E-state index in [0.717, 1.165) is 36.4 Å². The lowest BCUT2D eigenvalue weighted by Gasteiger charge is -2.14. The maximum absolute atomic E-state index is 13.5. The van der Waals surface area contributed by atoms with E-state index in [1.807, 2.05) is 0 Å². The average Bonchev–Trinajstić information content (AvgIpc) is 2.50. The molecule has 1 unspecified atom stereocenters. The lowest BCUT2D eigenvalue weighted by Crippen LogP contribution is -2.30. The van der Waals surface area contributed by atoms with Crippen LogP contribution in [0.5, 0.6) is 0 Å². The highest BCUT2D eigenvalue weighted by molar-refractivity contribution is 5.99. The van der Waals surface area contributed by atoms with Gasteiger partial charge in [-0.05, 0) is 37.3 Å². The second kappa shape index (κ2) is 7.03. The number of carbonyl (C=O) groups is 2. The normalized spacial score (nSPS) is 11.7. The van der Waals surface area contributed by atoms with Crippen LogP contribution < -0.4 is 11.1 Å². The van der Waals surface area contributed by atoms with Crippen LogP contribution in [0.2, 0.25) is 0 Å². The molecular weight excluding hydrogens is 325 g/mol. The predicted molar refractivity (Wildman–Crippen MR) is 80.7 cm³/mol. The van der Waals surface area contributed by atoms with E-state index in [1.165, 1.54) is 6.92 Å². The van der Waals surface area contributed by atoms with Crippen molar-refractivity contribution in [2.75, 3.05) is 11.1 Å². The van der Waals surface area contributed by atoms with Crippen molar-refractivity contribution in [2.24, 2.45) is 0 Å². The van der Waals surface area contributed by atoms with Crippen LogP contribution in [0.3, 0.4) is 0 Å². The van der Waals surface area contributed by atoms with Crippen molar-refractivity contribution in [3.63, 3.8) is 0 Å². The highest BCUT2D eigenvalue weighted by Crippen LogP contribution is 2.18. The number of benzene rings is 2. The Bertz CT molecular complexity index is 796. The number of halogens is 3. The maximum Gasteiger partial charge on any atom is 0.341 e. The zero-order chi connectivity index (χ0) is 17.9. The Morgan fingerprint density at radius 3 is 2.38 bits per heavy atom. The molecule has 2 aromatic carbocycles. The molecular formula is C16H13F3N2O3. The Hall–Kier alpha value is -3.03. The smallest absolute Gasteiger partial charge is 0.341 e. The number of nitrogens with one attached hydrogen (secondary N) is 1. The number of ether oxygens (including phenoxy) is 1. The summed E-state index contributed by atoms with van der Waals surface area (Å²) in [5.74, 6) is -4.03. The molecule has 0 aliphatic carbocycles. The number of amides is 1. The zero-order valence-corrected chi connectivity index (χ0v) is 12.5. The first kappa shape index (κ1) is 17.3. The van der Waals surface area contributed by atoms with E-state index in [9.17, 15) is 22.8 Å². The van der Waals surface area contributed by atoms with Gasteiger partial charge in [0, 0.05) is 11.8 Å². The van der Waals surface area contributed by atoms with Crippen LogP contribution in [-0.2, 0) is 9.53 Å². The second-order valence-electron chi connectivity index (χ2n) is 4.89. The Kier molecular flexibility index (Phi) is 5.08. The van der Waals surface area contributed by atoms with Crippen molar-refractivity contribution < 1.29 is 27.5 Å². The van der Waals surface area contributed by atoms with Gasteiger partial charge < -0.3 is 15.8 Å². The molecule has 0 aliphatic heterocycles. The quantitative estimate of drug-likeness (QED) is 0.663. The first-order valence-electron chi connectivity index (χ1n) is 6.80. The molecule has 0 saturated heterocycles. The summed E-state index contributed by atoms with van der Waals surface area (Å²) in [4.78, 5) is 23.8. The maximum atomic E-state index is 13.5. The van der Waals surface area contributed by atoms with Crippen LogP contribution >= 0.6 is 0 Å². The molecule has 0 heterocycles. The summed E-state index contributed by atoms with van der Waals surface area (Å²) in [5.41, 5.74) is 4.85. The summed E-state index contributed by atoms with van der Waals surface area (Å²) >= 11 is 0. The van der Waals surface area contributed by atoms with Gasteiger partial charge in [0.25, 0.3) is 5.91 Å². The standard InChI is InChI=1S/C16H13F3N2O3/c1-8(15(22)21-14-7-10(18)3-5-12(14)19)24-16(23)11-4-2-9(17)6-13(11)20/h2-8H,20H2,1H3,(H,21,22). The van der Waals surface area contributed by atoms with Gasteiger partial charge >= 0.3 is 5.97 Å². The lowest BCUT2D eigenvalue weighted by atomic mass is 10.2. The van der Waals surface area contributed by atoms with E-state index in [0.29, 0.717) is 0 Å². The number of nitrogens with two attached hydrogens (primary N) is 1. The Morgan fingerprint density at radius 2 is 1.71 bits per heavy atom. The molecule has 2 aromatic rings. The van der Waals surface area contributed by atoms with E-state index in [-0.39, 0.29) is 16.9 Å². The molecule has 0 radical (unpaired) electrons. The minimum Gasteiger partial charge on any atom is -0.449 e. The Morgan fingerprint density at radius 1 is 1.08 bits per heavy atom. The SMILES string of the molecule is CC(OC(=O)c1ccc(F)cc1N)C(=O)Nc1cc(F)ccc1F. The van der Waals surface area contributed by atoms with Crippen LogP contribution in [0.1, 0.15) is 17.3 Å². The molecule has 2 rings (SSSR count). The van der Waals surface area contributed by atoms with E-state index in [4.69, 9.17) is 10.5 Å². The highest BCUT2D eigenvalue weighted by atomic mass is 19.1. The van der Waals surface area contributed by atoms with Gasteiger partial charge in [-0.1, -0.05) is 0 Å². The van der Waals surface area contributed by atoms with Crippen molar-refractivity contribution in [3.05, 3.63) is 59.4 Å². The van der Waals surface area contributed by atoms with Gasteiger partial charge in [-0.15, -0.1) is 0 Å². The van der Waals surface area contributed by atoms with E-state index in [2.05, 4.69) is 5.32 Å². The second-order valence-corrected chi connectivity index (χ2v) is 4.89. The van der Waals surface area contributed by atoms with Gasteiger partial charge in [0.15, 0.2) is 6.10 Å². The molecule has 0 aromatic heterocycles. The highest BCUT2D eigenvalue weighted by Gasteiger charge is 2.21. The molecule has 0 saturated carbocycles. The summed E-state index contributed by atoms with van der Waals surface area (Å²) in [6.07, 6.45) is -1.32. The summed E-state index contributed by atoms with van der Waals surface area (Å²) in [6.45, 7) is 1.24. The number of nitrogen functional groups attached to an aromatic ring is 1. The lowest BCUT2D eigenvalue weighted by molar-refractivity contribution is -0.123. The van der Waals surface area contributed by atoms with Gasteiger partial charge in [0.2, 0.25) is 0 Å². The third kappa shape index (κ3) is 4.03. The number of hydrogen-bond acceptors (Lipinski definition) is 4. The topological polar surface area (TPSA) is 81.4 Å². The van der Waals surface area contributed by atoms with E-state index in [1.54, 1.807) is 0 Å². The van der Waals surface area contributed by atoms with Crippen molar-refractivity contribution in [1.82, 2.24) is 0 Å². The molecule has 0 bridgehead atoms. The van der Waals surface area contributed by atoms with Crippen molar-refractivity contribution in [1.29, 1.82) is 0 Å². The zero-order valence-electron chi connectivity index (χ0n) is 12.5. The van der Waals surface area contributed by atoms with Crippen molar-refractivity contribution in [2.45, 2.75) is 13.0 Å². The Labute approximate surface area is 135 Å². The molecule has 3 N–H and O–H groups in total. The fraction of sp³-hybridized carbons (Fsp3) is 0.125. The van der Waals surface area contributed by atoms with E-state index >= 15 is 0 Å². The molecule has 1 atom stereocenters. The van der Waals surface area contributed by atoms with Gasteiger partial charge in [-0.2, -0.15) is 0 Å². The van der Waals surface area contributed by atoms with Gasteiger partial charge in [0.05, 0.1) is 11.3 Å². The number of rotatable bonds is 4. The van der Waals surface area contributed by atoms with Gasteiger partial charge in [0.1, 0.15) is 17.5 Å². The van der Waals surface area contributed by atoms with Crippen LogP contribution in [0.15, 0.2) is 36.4 Å². The Balaban J connectivity index is 2.05. The van der Waals surface area contributed by atoms with Crippen LogP contribution in [0.25, 0.3) is 0 Å². The van der Waals surface area contributed by atoms with Gasteiger partial charge in [-0.25, -0.2) is 18.0 Å². The van der Waals surface area contributed by atoms with Crippen molar-refractivity contribution in [3.8, 4) is 0 Å². The number of carbonyl (C=O) groups excluding carboxylic acids is 2. The molecule has 0 fully saturated rings. The first-order valence-corrected chi connectivity index (χ1v) is 6.80. The monoisotopic (exact) mass is 338 g/mol. The summed E-state index contributed by atoms with van der Waals surface area (Å²) in [5, 5.41) is 2.11. The number of hydrogen-bond donors (Lipinski definition) is 2.